The molecule has 0 aliphatic carbocycles. The number of aliphatic carboxylic acids is 1. The van der Waals surface area contributed by atoms with Crippen LogP contribution < -0.4 is 5.11 Å². The van der Waals surface area contributed by atoms with Crippen LogP contribution in [-0.2, 0) is 4.79 Å². The lowest BCUT2D eigenvalue weighted by molar-refractivity contribution is -0.928. The molecule has 3 aliphatic rings. The molecule has 0 spiro atoms. The van der Waals surface area contributed by atoms with Crippen LogP contribution in [0.15, 0.2) is 0 Å². The number of piperidine rings is 3. The summed E-state index contributed by atoms with van der Waals surface area (Å²) in [6, 6.07) is 0. The van der Waals surface area contributed by atoms with Gasteiger partial charge in [-0.3, -0.25) is 0 Å². The van der Waals surface area contributed by atoms with Crippen LogP contribution in [0, 0.1) is 5.92 Å². The fourth-order valence-electron chi connectivity index (χ4n) is 2.38. The predicted octanol–water partition coefficient (Wildman–Crippen LogP) is -0.408. The Hall–Kier alpha value is 0.120. The molecule has 0 amide bonds. The van der Waals surface area contributed by atoms with Gasteiger partial charge in [0.15, 0.2) is 0 Å². The summed E-state index contributed by atoms with van der Waals surface area (Å²) < 4.78 is 1.12. The molecule has 3 saturated heterocycles. The number of carboxylic acids is 1. The Morgan fingerprint density at radius 1 is 1.40 bits per heavy atom. The number of aliphatic hydroxyl groups is 1. The van der Waals surface area contributed by atoms with E-state index in [-0.39, 0.29) is 30.1 Å². The molecular weight excluding hydrogens is 309 g/mol. The van der Waals surface area contributed by atoms with Gasteiger partial charge >= 0.3 is 0 Å². The van der Waals surface area contributed by atoms with Crippen molar-refractivity contribution in [2.75, 3.05) is 26.7 Å². The molecule has 3 heterocycles. The third-order valence-corrected chi connectivity index (χ3v) is 3.25. The Morgan fingerprint density at radius 3 is 2.00 bits per heavy atom. The zero-order valence-corrected chi connectivity index (χ0v) is 11.6. The first kappa shape index (κ1) is 15.1. The fraction of sp³-hybridized carbons (Fsp3) is 0.900. The largest absolute Gasteiger partial charge is 0.550 e. The smallest absolute Gasteiger partial charge is 0.106 e. The Balaban J connectivity index is 0.000000346. The molecule has 1 N–H and O–H groups in total. The minimum atomic E-state index is -1.08. The summed E-state index contributed by atoms with van der Waals surface area (Å²) >= 11 is 0. The summed E-state index contributed by atoms with van der Waals surface area (Å²) in [5.74, 6) is -0.444. The fourth-order valence-corrected chi connectivity index (χ4v) is 2.38. The van der Waals surface area contributed by atoms with Crippen LogP contribution in [-0.4, -0.2) is 48.3 Å². The summed E-state index contributed by atoms with van der Waals surface area (Å²) in [6.45, 7) is 4.56. The number of fused-ring (bicyclic) bond motifs is 3. The van der Waals surface area contributed by atoms with Crippen molar-refractivity contribution in [1.29, 1.82) is 0 Å². The predicted molar refractivity (Wildman–Crippen MR) is 65.6 cm³/mol. The number of hydrogen-bond acceptors (Lipinski definition) is 3. The maximum Gasteiger partial charge on any atom is 0.106 e. The highest BCUT2D eigenvalue weighted by atomic mass is 127. The van der Waals surface area contributed by atoms with E-state index in [4.69, 9.17) is 9.90 Å². The summed E-state index contributed by atoms with van der Waals surface area (Å²) in [5, 5.41) is 18.4. The van der Waals surface area contributed by atoms with Crippen molar-refractivity contribution in [3.05, 3.63) is 0 Å². The lowest BCUT2D eigenvalue weighted by atomic mass is 9.84. The van der Waals surface area contributed by atoms with E-state index >= 15 is 0 Å². The van der Waals surface area contributed by atoms with E-state index in [1.165, 1.54) is 25.9 Å². The number of halogens is 1. The molecule has 15 heavy (non-hydrogen) atoms. The first-order chi connectivity index (χ1) is 6.43. The maximum absolute atomic E-state index is 9.55. The number of hydrogen-bond donors (Lipinski definition) is 1. The van der Waals surface area contributed by atoms with Gasteiger partial charge in [0.2, 0.25) is 0 Å². The van der Waals surface area contributed by atoms with Crippen LogP contribution in [0.1, 0.15) is 19.8 Å². The molecule has 3 rings (SSSR count). The van der Waals surface area contributed by atoms with Gasteiger partial charge in [0.1, 0.15) is 12.6 Å². The van der Waals surface area contributed by atoms with Crippen LogP contribution in [0.5, 0.6) is 0 Å². The second kappa shape index (κ2) is 6.00. The normalized spacial score (nSPS) is 37.3. The molecular formula is C10H20INO3. The minimum Gasteiger partial charge on any atom is -0.550 e. The number of carboxylic acid groups (broad SMARTS) is 1. The summed E-state index contributed by atoms with van der Waals surface area (Å²) in [4.78, 5) is 8.89. The number of carbonyl (C=O) groups excluding carboxylic acids is 1. The van der Waals surface area contributed by atoms with Gasteiger partial charge in [-0.05, 0) is 6.92 Å². The van der Waals surface area contributed by atoms with E-state index in [0.717, 1.165) is 18.0 Å². The summed E-state index contributed by atoms with van der Waals surface area (Å²) in [5.41, 5.74) is 0. The van der Waals surface area contributed by atoms with E-state index in [1.54, 1.807) is 0 Å². The van der Waals surface area contributed by atoms with Gasteiger partial charge in [-0.15, -0.1) is 24.0 Å². The van der Waals surface area contributed by atoms with Crippen LogP contribution in [0.25, 0.3) is 0 Å². The van der Waals surface area contributed by atoms with Gasteiger partial charge in [0, 0.05) is 24.7 Å². The van der Waals surface area contributed by atoms with E-state index in [9.17, 15) is 5.11 Å². The zero-order valence-electron chi connectivity index (χ0n) is 9.31. The highest BCUT2D eigenvalue weighted by Gasteiger charge is 2.42. The average Bonchev–Trinajstić information content (AvgIpc) is 2.02. The number of carbonyl (C=O) groups is 1. The zero-order chi connectivity index (χ0) is 10.8. The number of nitrogens with zero attached hydrogens (tertiary/aromatic N) is 1. The van der Waals surface area contributed by atoms with Crippen molar-refractivity contribution in [3.63, 3.8) is 0 Å². The molecule has 4 nitrogen and oxygen atoms in total. The number of quaternary nitrogens is 1. The summed E-state index contributed by atoms with van der Waals surface area (Å²) in [7, 11) is 2.26. The molecule has 0 aromatic rings. The molecule has 2 bridgehead atoms. The maximum atomic E-state index is 9.55. The SMILES string of the molecule is CC(=O)[O-].C[N+]12CCC(CC1)C(O)C2.I. The second-order valence-corrected chi connectivity index (χ2v) is 4.65. The van der Waals surface area contributed by atoms with E-state index in [1.807, 2.05) is 0 Å². The van der Waals surface area contributed by atoms with Crippen molar-refractivity contribution in [3.8, 4) is 0 Å². The highest BCUT2D eigenvalue weighted by molar-refractivity contribution is 14.0. The van der Waals surface area contributed by atoms with Gasteiger partial charge < -0.3 is 19.5 Å². The van der Waals surface area contributed by atoms with Crippen molar-refractivity contribution in [2.24, 2.45) is 5.92 Å². The minimum absolute atomic E-state index is 0. The Labute approximate surface area is 108 Å². The molecule has 90 valence electrons. The third kappa shape index (κ3) is 4.65. The van der Waals surface area contributed by atoms with Crippen LogP contribution in [0.2, 0.25) is 0 Å². The first-order valence-electron chi connectivity index (χ1n) is 5.12. The first-order valence-corrected chi connectivity index (χ1v) is 5.12. The Kier molecular flexibility index (Phi) is 6.05. The van der Waals surface area contributed by atoms with E-state index in [0.29, 0.717) is 5.92 Å². The third-order valence-electron chi connectivity index (χ3n) is 3.25. The van der Waals surface area contributed by atoms with Gasteiger partial charge in [-0.1, -0.05) is 0 Å². The van der Waals surface area contributed by atoms with Gasteiger partial charge in [0.05, 0.1) is 20.1 Å². The monoisotopic (exact) mass is 329 g/mol. The molecule has 5 heteroatoms. The number of likely N-dealkylation sites (N-methyl/N-ethyl adjacent to an activating group) is 1. The number of rotatable bonds is 0. The Morgan fingerprint density at radius 2 is 1.80 bits per heavy atom. The van der Waals surface area contributed by atoms with Crippen LogP contribution >= 0.6 is 24.0 Å². The molecule has 3 fully saturated rings. The molecule has 0 aromatic heterocycles. The molecule has 1 unspecified atom stereocenters. The molecule has 1 atom stereocenters. The average molecular weight is 329 g/mol. The standard InChI is InChI=1S/C8H16NO.C2H4O2.HI/c1-9-4-2-7(3-5-9)8(10)6-9;1-2(3)4;/h7-8,10H,2-6H2,1H3;1H3,(H,3,4);1H/q+1;;/p-1. The van der Waals surface area contributed by atoms with Crippen molar-refractivity contribution >= 4 is 29.9 Å². The lowest BCUT2D eigenvalue weighted by Crippen LogP contribution is -2.61. The van der Waals surface area contributed by atoms with E-state index < -0.39 is 5.97 Å². The van der Waals surface area contributed by atoms with Gasteiger partial charge in [-0.25, -0.2) is 0 Å². The highest BCUT2D eigenvalue weighted by Crippen LogP contribution is 2.31. The van der Waals surface area contributed by atoms with Gasteiger partial charge in [-0.2, -0.15) is 0 Å². The number of aliphatic hydroxyl groups excluding tert-OH is 1. The van der Waals surface area contributed by atoms with Crippen molar-refractivity contribution in [2.45, 2.75) is 25.9 Å². The van der Waals surface area contributed by atoms with Crippen LogP contribution in [0.3, 0.4) is 0 Å². The molecule has 0 saturated carbocycles. The molecule has 0 radical (unpaired) electrons. The van der Waals surface area contributed by atoms with Crippen molar-refractivity contribution in [1.82, 2.24) is 0 Å². The quantitative estimate of drug-likeness (QED) is 0.486. The molecule has 0 aromatic carbocycles. The van der Waals surface area contributed by atoms with Crippen molar-refractivity contribution < 1.29 is 19.5 Å². The Bertz CT molecular complexity index is 211. The molecule has 3 aliphatic heterocycles. The van der Waals surface area contributed by atoms with Gasteiger partial charge in [0.25, 0.3) is 0 Å². The summed E-state index contributed by atoms with van der Waals surface area (Å²) in [6.07, 6.45) is 2.50. The van der Waals surface area contributed by atoms with Crippen LogP contribution in [0.4, 0.5) is 0 Å². The topological polar surface area (TPSA) is 60.4 Å². The second-order valence-electron chi connectivity index (χ2n) is 4.65. The lowest BCUT2D eigenvalue weighted by Gasteiger charge is -2.48. The van der Waals surface area contributed by atoms with E-state index in [2.05, 4.69) is 7.05 Å².